The number of aromatic nitrogens is 3. The fourth-order valence-corrected chi connectivity index (χ4v) is 3.10. The summed E-state index contributed by atoms with van der Waals surface area (Å²) in [6, 6.07) is 18.9. The maximum atomic E-state index is 12.3. The van der Waals surface area contributed by atoms with Crippen LogP contribution in [-0.2, 0) is 11.3 Å². The highest BCUT2D eigenvalue weighted by molar-refractivity contribution is 7.99. The van der Waals surface area contributed by atoms with Crippen LogP contribution in [0.3, 0.4) is 0 Å². The summed E-state index contributed by atoms with van der Waals surface area (Å²) >= 11 is 1.17. The second-order valence-corrected chi connectivity index (χ2v) is 6.66. The van der Waals surface area contributed by atoms with E-state index in [1.54, 1.807) is 24.1 Å². The van der Waals surface area contributed by atoms with Crippen LogP contribution in [0.15, 0.2) is 70.6 Å². The smallest absolute Gasteiger partial charge is 0.278 e. The molecular formula is C19H18N4O2S. The first kappa shape index (κ1) is 17.9. The molecular weight excluding hydrogens is 348 g/mol. The summed E-state index contributed by atoms with van der Waals surface area (Å²) in [5, 5.41) is 8.35. The number of hydrogen-bond donors (Lipinski definition) is 1. The van der Waals surface area contributed by atoms with Crippen molar-refractivity contribution in [1.29, 1.82) is 0 Å². The van der Waals surface area contributed by atoms with Gasteiger partial charge in [-0.05, 0) is 5.56 Å². The van der Waals surface area contributed by atoms with Crippen LogP contribution in [-0.4, -0.2) is 38.8 Å². The number of benzene rings is 2. The normalized spacial score (nSPS) is 10.5. The molecule has 0 radical (unpaired) electrons. The summed E-state index contributed by atoms with van der Waals surface area (Å²) < 4.78 is 0. The fraction of sp³-hybridized carbons (Fsp3) is 0.158. The summed E-state index contributed by atoms with van der Waals surface area (Å²) in [7, 11) is 1.75. The monoisotopic (exact) mass is 366 g/mol. The standard InChI is InChI=1S/C19H18N4O2S/c1-23(12-14-8-4-2-5-9-14)16(24)13-26-19-20-18(25)17(21-22-19)15-10-6-3-7-11-15/h2-11H,12-13H2,1H3,(H,20,22,25). The van der Waals surface area contributed by atoms with Crippen molar-refractivity contribution in [2.45, 2.75) is 11.7 Å². The van der Waals surface area contributed by atoms with Gasteiger partial charge in [-0.1, -0.05) is 72.4 Å². The first-order chi connectivity index (χ1) is 12.6. The molecule has 0 saturated carbocycles. The summed E-state index contributed by atoms with van der Waals surface area (Å²) in [5.41, 5.74) is 1.71. The summed E-state index contributed by atoms with van der Waals surface area (Å²) in [5.74, 6) is 0.132. The van der Waals surface area contributed by atoms with Crippen LogP contribution >= 0.6 is 11.8 Å². The van der Waals surface area contributed by atoms with Crippen LogP contribution in [0.25, 0.3) is 11.3 Å². The van der Waals surface area contributed by atoms with Gasteiger partial charge in [-0.25, -0.2) is 0 Å². The van der Waals surface area contributed by atoms with Gasteiger partial charge in [0.15, 0.2) is 10.9 Å². The molecule has 1 heterocycles. The lowest BCUT2D eigenvalue weighted by Gasteiger charge is -2.16. The van der Waals surface area contributed by atoms with Crippen molar-refractivity contribution in [3.05, 3.63) is 76.6 Å². The van der Waals surface area contributed by atoms with Crippen molar-refractivity contribution in [2.75, 3.05) is 12.8 Å². The Morgan fingerprint density at radius 1 is 1.04 bits per heavy atom. The molecule has 0 spiro atoms. The zero-order valence-corrected chi connectivity index (χ0v) is 15.1. The van der Waals surface area contributed by atoms with E-state index in [2.05, 4.69) is 15.2 Å². The van der Waals surface area contributed by atoms with Crippen LogP contribution in [0.5, 0.6) is 0 Å². The zero-order chi connectivity index (χ0) is 18.4. The lowest BCUT2D eigenvalue weighted by Crippen LogP contribution is -2.28. The van der Waals surface area contributed by atoms with E-state index in [4.69, 9.17) is 0 Å². The fourth-order valence-electron chi connectivity index (χ4n) is 2.36. The lowest BCUT2D eigenvalue weighted by molar-refractivity contribution is -0.127. The van der Waals surface area contributed by atoms with E-state index in [1.807, 2.05) is 48.5 Å². The quantitative estimate of drug-likeness (QED) is 0.679. The highest BCUT2D eigenvalue weighted by atomic mass is 32.2. The van der Waals surface area contributed by atoms with Gasteiger partial charge in [0.05, 0.1) is 5.75 Å². The number of nitrogens with one attached hydrogen (secondary N) is 1. The molecule has 1 aromatic heterocycles. The Hall–Kier alpha value is -2.93. The highest BCUT2D eigenvalue weighted by Crippen LogP contribution is 2.15. The van der Waals surface area contributed by atoms with Crippen LogP contribution in [0.4, 0.5) is 0 Å². The number of carbonyl (C=O) groups excluding carboxylic acids is 1. The van der Waals surface area contributed by atoms with Gasteiger partial charge in [0.1, 0.15) is 0 Å². The average Bonchev–Trinajstić information content (AvgIpc) is 2.67. The Kier molecular flexibility index (Phi) is 5.80. The number of aromatic amines is 1. The van der Waals surface area contributed by atoms with Gasteiger partial charge in [-0.3, -0.25) is 14.6 Å². The first-order valence-corrected chi connectivity index (χ1v) is 9.05. The van der Waals surface area contributed by atoms with Crippen molar-refractivity contribution < 1.29 is 4.79 Å². The lowest BCUT2D eigenvalue weighted by atomic mass is 10.2. The summed E-state index contributed by atoms with van der Waals surface area (Å²) in [6.07, 6.45) is 0. The van der Waals surface area contributed by atoms with Crippen molar-refractivity contribution in [3.8, 4) is 11.3 Å². The number of thioether (sulfide) groups is 1. The van der Waals surface area contributed by atoms with E-state index in [0.29, 0.717) is 17.3 Å². The predicted octanol–water partition coefficient (Wildman–Crippen LogP) is 2.58. The van der Waals surface area contributed by atoms with Gasteiger partial charge in [-0.15, -0.1) is 10.2 Å². The van der Waals surface area contributed by atoms with Gasteiger partial charge in [0.2, 0.25) is 5.91 Å². The molecule has 7 heteroatoms. The number of carbonyl (C=O) groups is 1. The largest absolute Gasteiger partial charge is 0.341 e. The molecule has 3 rings (SSSR count). The number of rotatable bonds is 6. The van der Waals surface area contributed by atoms with Gasteiger partial charge in [0.25, 0.3) is 5.56 Å². The molecule has 0 bridgehead atoms. The van der Waals surface area contributed by atoms with E-state index in [-0.39, 0.29) is 22.9 Å². The van der Waals surface area contributed by atoms with Gasteiger partial charge in [0, 0.05) is 19.2 Å². The number of amides is 1. The minimum absolute atomic E-state index is 0.0476. The molecule has 0 aliphatic carbocycles. The maximum absolute atomic E-state index is 12.3. The molecule has 0 aliphatic rings. The number of nitrogens with zero attached hydrogens (tertiary/aromatic N) is 3. The van der Waals surface area contributed by atoms with Crippen LogP contribution in [0.2, 0.25) is 0 Å². The van der Waals surface area contributed by atoms with Crippen LogP contribution < -0.4 is 5.56 Å². The predicted molar refractivity (Wildman–Crippen MR) is 102 cm³/mol. The average molecular weight is 366 g/mol. The number of H-pyrrole nitrogens is 1. The van der Waals surface area contributed by atoms with Crippen molar-refractivity contribution >= 4 is 17.7 Å². The van der Waals surface area contributed by atoms with E-state index in [1.165, 1.54) is 11.8 Å². The second-order valence-electron chi connectivity index (χ2n) is 5.70. The molecule has 3 aromatic rings. The molecule has 0 fully saturated rings. The first-order valence-electron chi connectivity index (χ1n) is 8.06. The Morgan fingerprint density at radius 2 is 1.69 bits per heavy atom. The van der Waals surface area contributed by atoms with E-state index in [9.17, 15) is 9.59 Å². The van der Waals surface area contributed by atoms with Crippen LogP contribution in [0.1, 0.15) is 5.56 Å². The molecule has 6 nitrogen and oxygen atoms in total. The Bertz CT molecular complexity index is 929. The molecule has 1 amide bonds. The van der Waals surface area contributed by atoms with Crippen molar-refractivity contribution in [1.82, 2.24) is 20.1 Å². The maximum Gasteiger partial charge on any atom is 0.278 e. The second kappa shape index (κ2) is 8.44. The molecule has 0 unspecified atom stereocenters. The minimum atomic E-state index is -0.321. The van der Waals surface area contributed by atoms with E-state index >= 15 is 0 Å². The Labute approximate surface area is 155 Å². The highest BCUT2D eigenvalue weighted by Gasteiger charge is 2.12. The molecule has 132 valence electrons. The van der Waals surface area contributed by atoms with Crippen LogP contribution in [0, 0.1) is 0 Å². The van der Waals surface area contributed by atoms with Gasteiger partial charge in [-0.2, -0.15) is 0 Å². The minimum Gasteiger partial charge on any atom is -0.341 e. The number of hydrogen-bond acceptors (Lipinski definition) is 5. The van der Waals surface area contributed by atoms with Crippen molar-refractivity contribution in [3.63, 3.8) is 0 Å². The third-order valence-electron chi connectivity index (χ3n) is 3.74. The van der Waals surface area contributed by atoms with Crippen molar-refractivity contribution in [2.24, 2.45) is 0 Å². The zero-order valence-electron chi connectivity index (χ0n) is 14.3. The topological polar surface area (TPSA) is 79.0 Å². The molecule has 26 heavy (non-hydrogen) atoms. The molecule has 0 saturated heterocycles. The SMILES string of the molecule is CN(Cc1ccccc1)C(=O)CSc1nnc(-c2ccccc2)c(=O)[nH]1. The third kappa shape index (κ3) is 4.58. The molecule has 1 N–H and O–H groups in total. The molecule has 0 atom stereocenters. The van der Waals surface area contributed by atoms with Gasteiger partial charge < -0.3 is 4.90 Å². The third-order valence-corrected chi connectivity index (χ3v) is 4.59. The molecule has 0 aliphatic heterocycles. The Balaban J connectivity index is 1.60. The van der Waals surface area contributed by atoms with E-state index < -0.39 is 0 Å². The Morgan fingerprint density at radius 3 is 2.35 bits per heavy atom. The summed E-state index contributed by atoms with van der Waals surface area (Å²) in [4.78, 5) is 28.8. The molecule has 2 aromatic carbocycles. The van der Waals surface area contributed by atoms with Gasteiger partial charge >= 0.3 is 0 Å². The van der Waals surface area contributed by atoms with E-state index in [0.717, 1.165) is 5.56 Å². The summed E-state index contributed by atoms with van der Waals surface area (Å²) in [6.45, 7) is 0.537.